The number of benzene rings is 3. The van der Waals surface area contributed by atoms with Crippen molar-refractivity contribution >= 4 is 46.0 Å². The Hall–Kier alpha value is -3.17. The van der Waals surface area contributed by atoms with Gasteiger partial charge in [-0.3, -0.25) is 9.69 Å². The lowest BCUT2D eigenvalue weighted by atomic mass is 10.2. The summed E-state index contributed by atoms with van der Waals surface area (Å²) in [6.07, 6.45) is -4.55. The minimum Gasteiger partial charge on any atom is -0.337 e. The molecule has 0 aromatic heterocycles. The van der Waals surface area contributed by atoms with Crippen LogP contribution in [-0.2, 0) is 17.5 Å². The highest BCUT2D eigenvalue weighted by atomic mass is 32.2. The lowest BCUT2D eigenvalue weighted by molar-refractivity contribution is -0.137. The molecular weight excluding hydrogens is 479 g/mol. The largest absolute Gasteiger partial charge is 0.418 e. The molecule has 0 atom stereocenters. The van der Waals surface area contributed by atoms with Gasteiger partial charge in [-0.05, 0) is 41.6 Å². The van der Waals surface area contributed by atoms with Gasteiger partial charge in [-0.25, -0.2) is 4.99 Å². The molecule has 2 aliphatic rings. The highest BCUT2D eigenvalue weighted by molar-refractivity contribution is 8.19. The number of amides is 1. The molecule has 0 N–H and O–H groups in total. The summed E-state index contributed by atoms with van der Waals surface area (Å²) in [5.74, 6) is -0.278. The maximum atomic E-state index is 13.6. The van der Waals surface area contributed by atoms with E-state index in [1.54, 1.807) is 0 Å². The van der Waals surface area contributed by atoms with Crippen molar-refractivity contribution in [3.8, 4) is 0 Å². The molecule has 1 saturated heterocycles. The zero-order valence-electron chi connectivity index (χ0n) is 17.9. The van der Waals surface area contributed by atoms with E-state index in [0.717, 1.165) is 39.0 Å². The number of carbonyl (C=O) groups is 1. The van der Waals surface area contributed by atoms with Gasteiger partial charge in [0.15, 0.2) is 5.17 Å². The van der Waals surface area contributed by atoms with Crippen LogP contribution in [0.3, 0.4) is 0 Å². The third-order valence-electron chi connectivity index (χ3n) is 5.40. The first kappa shape index (κ1) is 22.6. The van der Waals surface area contributed by atoms with Crippen molar-refractivity contribution in [2.75, 3.05) is 11.9 Å². The summed E-state index contributed by atoms with van der Waals surface area (Å²) in [6, 6.07) is 22.3. The van der Waals surface area contributed by atoms with Gasteiger partial charge in [0.25, 0.3) is 5.91 Å². The molecule has 0 spiro atoms. The van der Waals surface area contributed by atoms with E-state index in [0.29, 0.717) is 4.91 Å². The topological polar surface area (TPSA) is 35.9 Å². The summed E-state index contributed by atoms with van der Waals surface area (Å²) >= 11 is 2.58. The zero-order chi connectivity index (χ0) is 23.9. The van der Waals surface area contributed by atoms with Crippen molar-refractivity contribution in [2.45, 2.75) is 17.6 Å². The van der Waals surface area contributed by atoms with Crippen LogP contribution in [0, 0.1) is 0 Å². The first-order valence-corrected chi connectivity index (χ1v) is 12.0. The molecule has 9 heteroatoms. The van der Waals surface area contributed by atoms with Crippen molar-refractivity contribution < 1.29 is 18.0 Å². The van der Waals surface area contributed by atoms with E-state index in [1.165, 1.54) is 34.9 Å². The Morgan fingerprint density at radius 1 is 0.882 bits per heavy atom. The van der Waals surface area contributed by atoms with Gasteiger partial charge in [0.1, 0.15) is 4.91 Å². The lowest BCUT2D eigenvalue weighted by Crippen LogP contribution is -2.29. The quantitative estimate of drug-likeness (QED) is 0.370. The minimum atomic E-state index is -4.55. The lowest BCUT2D eigenvalue weighted by Gasteiger charge is -2.17. The van der Waals surface area contributed by atoms with Crippen molar-refractivity contribution in [2.24, 2.45) is 4.99 Å². The van der Waals surface area contributed by atoms with E-state index < -0.39 is 11.7 Å². The van der Waals surface area contributed by atoms with Gasteiger partial charge in [-0.15, -0.1) is 0 Å². The number of hydrogen-bond donors (Lipinski definition) is 0. The molecule has 1 fully saturated rings. The Labute approximate surface area is 203 Å². The number of halogens is 3. The fourth-order valence-corrected chi connectivity index (χ4v) is 6.07. The standard InChI is InChI=1S/C25H18F3N3OS2/c1-30-19-13-7-8-14-20(19)33-23(30)21-22(32)31(15-16-9-3-2-4-10-16)24(34-21)29-18-12-6-5-11-17(18)25(26,27)28/h2-14H,15H2,1H3. The maximum Gasteiger partial charge on any atom is 0.418 e. The van der Waals surface area contributed by atoms with Crippen LogP contribution >= 0.6 is 23.5 Å². The van der Waals surface area contributed by atoms with Crippen LogP contribution in [0.15, 0.2) is 98.7 Å². The second-order valence-electron chi connectivity index (χ2n) is 7.65. The molecule has 4 nitrogen and oxygen atoms in total. The summed E-state index contributed by atoms with van der Waals surface area (Å²) in [6.45, 7) is 0.206. The Kier molecular flexibility index (Phi) is 5.91. The number of carbonyl (C=O) groups excluding carboxylic acids is 1. The molecule has 172 valence electrons. The van der Waals surface area contributed by atoms with E-state index >= 15 is 0 Å². The predicted molar refractivity (Wildman–Crippen MR) is 131 cm³/mol. The maximum absolute atomic E-state index is 13.6. The van der Waals surface area contributed by atoms with Crippen molar-refractivity contribution in [1.82, 2.24) is 4.90 Å². The molecule has 0 unspecified atom stereocenters. The van der Waals surface area contributed by atoms with Gasteiger partial charge >= 0.3 is 6.18 Å². The number of aliphatic imine (C=N–C) groups is 1. The smallest absolute Gasteiger partial charge is 0.337 e. The number of alkyl halides is 3. The van der Waals surface area contributed by atoms with Crippen LogP contribution in [0.25, 0.3) is 0 Å². The summed E-state index contributed by atoms with van der Waals surface area (Å²) in [5, 5.41) is 0.960. The average molecular weight is 498 g/mol. The third-order valence-corrected chi connectivity index (χ3v) is 7.84. The van der Waals surface area contributed by atoms with Gasteiger partial charge in [-0.2, -0.15) is 13.2 Å². The van der Waals surface area contributed by atoms with Crippen LogP contribution < -0.4 is 4.90 Å². The molecule has 0 radical (unpaired) electrons. The van der Waals surface area contributed by atoms with Crippen LogP contribution in [0.5, 0.6) is 0 Å². The molecule has 1 amide bonds. The molecule has 34 heavy (non-hydrogen) atoms. The Balaban J connectivity index is 1.59. The van der Waals surface area contributed by atoms with Gasteiger partial charge in [-0.1, -0.05) is 66.4 Å². The van der Waals surface area contributed by atoms with Gasteiger partial charge < -0.3 is 4.90 Å². The van der Waals surface area contributed by atoms with Gasteiger partial charge in [0.05, 0.1) is 28.5 Å². The molecule has 2 aliphatic heterocycles. The number of hydrogen-bond acceptors (Lipinski definition) is 5. The number of thioether (sulfide) groups is 2. The van der Waals surface area contributed by atoms with E-state index in [-0.39, 0.29) is 23.3 Å². The van der Waals surface area contributed by atoms with Gasteiger partial charge in [0.2, 0.25) is 0 Å². The first-order valence-electron chi connectivity index (χ1n) is 10.4. The zero-order valence-corrected chi connectivity index (χ0v) is 19.5. The number of fused-ring (bicyclic) bond motifs is 1. The van der Waals surface area contributed by atoms with E-state index in [1.807, 2.05) is 66.5 Å². The summed E-state index contributed by atoms with van der Waals surface area (Å²) in [5.41, 5.74) is 0.780. The number of rotatable bonds is 3. The van der Waals surface area contributed by atoms with E-state index in [9.17, 15) is 18.0 Å². The summed E-state index contributed by atoms with van der Waals surface area (Å²) in [4.78, 5) is 22.8. The monoisotopic (exact) mass is 497 g/mol. The Morgan fingerprint density at radius 3 is 2.29 bits per heavy atom. The van der Waals surface area contributed by atoms with E-state index in [2.05, 4.69) is 4.99 Å². The van der Waals surface area contributed by atoms with Crippen molar-refractivity contribution in [1.29, 1.82) is 0 Å². The molecule has 3 aromatic rings. The molecule has 0 saturated carbocycles. The van der Waals surface area contributed by atoms with E-state index in [4.69, 9.17) is 0 Å². The molecule has 3 aromatic carbocycles. The SMILES string of the molecule is CN1C(=C2SC(=Nc3ccccc3C(F)(F)F)N(Cc3ccccc3)C2=O)Sc2ccccc21. The highest BCUT2D eigenvalue weighted by Gasteiger charge is 2.40. The van der Waals surface area contributed by atoms with Crippen molar-refractivity contribution in [3.05, 3.63) is 99.9 Å². The minimum absolute atomic E-state index is 0.206. The van der Waals surface area contributed by atoms with Crippen LogP contribution in [0.1, 0.15) is 11.1 Å². The Morgan fingerprint density at radius 2 is 1.56 bits per heavy atom. The summed E-state index contributed by atoms with van der Waals surface area (Å²) < 4.78 is 40.8. The Bertz CT molecular complexity index is 1320. The molecule has 0 aliphatic carbocycles. The molecule has 2 heterocycles. The normalized spacial score (nSPS) is 19.3. The van der Waals surface area contributed by atoms with Crippen LogP contribution in [0.2, 0.25) is 0 Å². The first-order chi connectivity index (χ1) is 16.3. The number of anilines is 1. The number of para-hydroxylation sites is 2. The van der Waals surface area contributed by atoms with Gasteiger partial charge in [0, 0.05) is 11.9 Å². The fraction of sp³-hybridized carbons (Fsp3) is 0.120. The number of amidine groups is 1. The molecule has 0 bridgehead atoms. The second kappa shape index (κ2) is 8.88. The highest BCUT2D eigenvalue weighted by Crippen LogP contribution is 2.50. The molecular formula is C25H18F3N3OS2. The average Bonchev–Trinajstić information content (AvgIpc) is 3.31. The summed E-state index contributed by atoms with van der Waals surface area (Å²) in [7, 11) is 1.88. The second-order valence-corrected chi connectivity index (χ2v) is 9.66. The number of nitrogens with zero attached hydrogens (tertiary/aromatic N) is 3. The van der Waals surface area contributed by atoms with Crippen LogP contribution in [0.4, 0.5) is 24.5 Å². The van der Waals surface area contributed by atoms with Crippen molar-refractivity contribution in [3.63, 3.8) is 0 Å². The van der Waals surface area contributed by atoms with Crippen LogP contribution in [-0.4, -0.2) is 23.0 Å². The fourth-order valence-electron chi connectivity index (χ4n) is 3.74. The third kappa shape index (κ3) is 4.21. The molecule has 5 rings (SSSR count). The predicted octanol–water partition coefficient (Wildman–Crippen LogP) is 6.88.